The lowest BCUT2D eigenvalue weighted by Crippen LogP contribution is -2.45. The zero-order valence-corrected chi connectivity index (χ0v) is 12.1. The van der Waals surface area contributed by atoms with Crippen LogP contribution in [0.25, 0.3) is 0 Å². The molecule has 0 saturated heterocycles. The summed E-state index contributed by atoms with van der Waals surface area (Å²) in [6.07, 6.45) is 9.23. The molecule has 2 aliphatic carbocycles. The Morgan fingerprint density at radius 3 is 2.20 bits per heavy atom. The molecular weight excluding hydrogens is 256 g/mol. The fraction of sp³-hybridized carbons (Fsp3) is 0.867. The molecule has 5 heteroatoms. The van der Waals surface area contributed by atoms with Gasteiger partial charge in [-0.15, -0.1) is 0 Å². The number of carboxylic acid groups (broad SMARTS) is 1. The molecule has 2 saturated carbocycles. The molecule has 0 unspecified atom stereocenters. The van der Waals surface area contributed by atoms with E-state index in [0.29, 0.717) is 18.8 Å². The number of aliphatic carboxylic acids is 1. The molecule has 0 aromatic heterocycles. The highest BCUT2D eigenvalue weighted by Crippen LogP contribution is 2.24. The lowest BCUT2D eigenvalue weighted by Gasteiger charge is -2.27. The Bertz CT molecular complexity index is 332. The van der Waals surface area contributed by atoms with Crippen molar-refractivity contribution in [1.29, 1.82) is 0 Å². The van der Waals surface area contributed by atoms with E-state index >= 15 is 0 Å². The molecule has 3 N–H and O–H groups in total. The van der Waals surface area contributed by atoms with Gasteiger partial charge in [-0.1, -0.05) is 19.3 Å². The van der Waals surface area contributed by atoms with Gasteiger partial charge in [-0.25, -0.2) is 4.79 Å². The van der Waals surface area contributed by atoms with Crippen LogP contribution in [-0.4, -0.2) is 29.7 Å². The Labute approximate surface area is 120 Å². The zero-order chi connectivity index (χ0) is 14.4. The van der Waals surface area contributed by atoms with E-state index in [0.717, 1.165) is 19.4 Å². The third kappa shape index (κ3) is 4.69. The number of urea groups is 1. The molecule has 20 heavy (non-hydrogen) atoms. The predicted molar refractivity (Wildman–Crippen MR) is 76.5 cm³/mol. The molecule has 2 rings (SSSR count). The molecule has 0 atom stereocenters. The molecule has 5 nitrogen and oxygen atoms in total. The van der Waals surface area contributed by atoms with Crippen LogP contribution in [0, 0.1) is 11.8 Å². The van der Waals surface area contributed by atoms with Crippen LogP contribution in [0.3, 0.4) is 0 Å². The minimum Gasteiger partial charge on any atom is -0.481 e. The molecule has 0 spiro atoms. The van der Waals surface area contributed by atoms with E-state index in [9.17, 15) is 9.59 Å². The third-order valence-corrected chi connectivity index (χ3v) is 4.69. The average Bonchev–Trinajstić information content (AvgIpc) is 2.47. The van der Waals surface area contributed by atoms with Gasteiger partial charge in [0.15, 0.2) is 0 Å². The van der Waals surface area contributed by atoms with Crippen LogP contribution in [0.1, 0.15) is 57.8 Å². The Hall–Kier alpha value is -1.26. The van der Waals surface area contributed by atoms with Crippen molar-refractivity contribution in [3.8, 4) is 0 Å². The lowest BCUT2D eigenvalue weighted by molar-refractivity contribution is -0.142. The van der Waals surface area contributed by atoms with Crippen LogP contribution >= 0.6 is 0 Å². The molecule has 0 radical (unpaired) electrons. The van der Waals surface area contributed by atoms with Crippen molar-refractivity contribution < 1.29 is 14.7 Å². The summed E-state index contributed by atoms with van der Waals surface area (Å²) in [6.45, 7) is 0.774. The van der Waals surface area contributed by atoms with Gasteiger partial charge in [0.05, 0.1) is 5.92 Å². The number of hydrogen-bond acceptors (Lipinski definition) is 2. The van der Waals surface area contributed by atoms with E-state index in [1.54, 1.807) is 0 Å². The molecule has 114 valence electrons. The fourth-order valence-electron chi connectivity index (χ4n) is 3.35. The first-order valence-corrected chi connectivity index (χ1v) is 7.92. The summed E-state index contributed by atoms with van der Waals surface area (Å²) in [6, 6.07) is 0.0475. The highest BCUT2D eigenvalue weighted by molar-refractivity contribution is 5.74. The van der Waals surface area contributed by atoms with Crippen molar-refractivity contribution in [1.82, 2.24) is 10.6 Å². The van der Waals surface area contributed by atoms with Crippen molar-refractivity contribution >= 4 is 12.0 Å². The molecule has 0 aliphatic heterocycles. The van der Waals surface area contributed by atoms with Crippen molar-refractivity contribution in [3.63, 3.8) is 0 Å². The number of amides is 2. The van der Waals surface area contributed by atoms with Crippen LogP contribution in [0.4, 0.5) is 4.79 Å². The molecule has 0 aromatic rings. The second-order valence-electron chi connectivity index (χ2n) is 6.25. The SMILES string of the molecule is O=C(NCC1CCCCC1)NC1CCC(C(=O)O)CC1. The lowest BCUT2D eigenvalue weighted by atomic mass is 9.86. The van der Waals surface area contributed by atoms with Gasteiger partial charge in [-0.2, -0.15) is 0 Å². The highest BCUT2D eigenvalue weighted by atomic mass is 16.4. The molecule has 0 aromatic carbocycles. The Kier molecular flexibility index (Phi) is 5.68. The van der Waals surface area contributed by atoms with Gasteiger partial charge in [0.2, 0.25) is 0 Å². The zero-order valence-electron chi connectivity index (χ0n) is 12.1. The summed E-state index contributed by atoms with van der Waals surface area (Å²) in [5.74, 6) is -0.291. The maximum atomic E-state index is 11.8. The van der Waals surface area contributed by atoms with Crippen molar-refractivity contribution in [2.45, 2.75) is 63.8 Å². The van der Waals surface area contributed by atoms with E-state index in [1.807, 2.05) is 0 Å². The van der Waals surface area contributed by atoms with E-state index < -0.39 is 5.97 Å². The molecule has 2 aliphatic rings. The quantitative estimate of drug-likeness (QED) is 0.741. The van der Waals surface area contributed by atoms with Gasteiger partial charge in [-0.3, -0.25) is 4.79 Å². The summed E-state index contributed by atoms with van der Waals surface area (Å²) in [5, 5.41) is 14.9. The van der Waals surface area contributed by atoms with Crippen LogP contribution in [-0.2, 0) is 4.79 Å². The summed E-state index contributed by atoms with van der Waals surface area (Å²) in [7, 11) is 0. The summed E-state index contributed by atoms with van der Waals surface area (Å²) in [5.41, 5.74) is 0. The second kappa shape index (κ2) is 7.50. The first kappa shape index (κ1) is 15.1. The summed E-state index contributed by atoms with van der Waals surface area (Å²) < 4.78 is 0. The molecular formula is C15H26N2O3. The van der Waals surface area contributed by atoms with E-state index in [2.05, 4.69) is 10.6 Å². The number of carbonyl (C=O) groups excluding carboxylic acids is 1. The number of nitrogens with one attached hydrogen (secondary N) is 2. The molecule has 0 bridgehead atoms. The summed E-state index contributed by atoms with van der Waals surface area (Å²) in [4.78, 5) is 22.7. The van der Waals surface area contributed by atoms with Gasteiger partial charge in [0, 0.05) is 12.6 Å². The number of carbonyl (C=O) groups is 2. The van der Waals surface area contributed by atoms with Crippen LogP contribution in [0.2, 0.25) is 0 Å². The first-order valence-electron chi connectivity index (χ1n) is 7.92. The van der Waals surface area contributed by atoms with Gasteiger partial charge in [0.25, 0.3) is 0 Å². The predicted octanol–water partition coefficient (Wildman–Crippen LogP) is 2.51. The Morgan fingerprint density at radius 2 is 1.60 bits per heavy atom. The molecule has 0 heterocycles. The van der Waals surface area contributed by atoms with Gasteiger partial charge < -0.3 is 15.7 Å². The number of rotatable bonds is 4. The maximum Gasteiger partial charge on any atom is 0.315 e. The van der Waals surface area contributed by atoms with Gasteiger partial charge >= 0.3 is 12.0 Å². The van der Waals surface area contributed by atoms with Gasteiger partial charge in [0.1, 0.15) is 0 Å². The first-order chi connectivity index (χ1) is 9.65. The van der Waals surface area contributed by atoms with Crippen LogP contribution in [0.15, 0.2) is 0 Å². The van der Waals surface area contributed by atoms with Crippen molar-refractivity contribution in [2.75, 3.05) is 6.54 Å². The number of hydrogen-bond donors (Lipinski definition) is 3. The number of carboxylic acids is 1. The van der Waals surface area contributed by atoms with E-state index in [1.165, 1.54) is 32.1 Å². The third-order valence-electron chi connectivity index (χ3n) is 4.69. The van der Waals surface area contributed by atoms with E-state index in [-0.39, 0.29) is 18.0 Å². The van der Waals surface area contributed by atoms with Crippen molar-refractivity contribution in [3.05, 3.63) is 0 Å². The summed E-state index contributed by atoms with van der Waals surface area (Å²) >= 11 is 0. The maximum absolute atomic E-state index is 11.8. The normalized spacial score (nSPS) is 27.8. The molecule has 2 fully saturated rings. The Balaban J connectivity index is 1.61. The average molecular weight is 282 g/mol. The van der Waals surface area contributed by atoms with Crippen LogP contribution in [0.5, 0.6) is 0 Å². The minimum atomic E-state index is -0.704. The smallest absolute Gasteiger partial charge is 0.315 e. The topological polar surface area (TPSA) is 78.4 Å². The van der Waals surface area contributed by atoms with Crippen molar-refractivity contribution in [2.24, 2.45) is 11.8 Å². The van der Waals surface area contributed by atoms with Crippen LogP contribution < -0.4 is 10.6 Å². The highest BCUT2D eigenvalue weighted by Gasteiger charge is 2.26. The minimum absolute atomic E-state index is 0.0886. The van der Waals surface area contributed by atoms with E-state index in [4.69, 9.17) is 5.11 Å². The monoisotopic (exact) mass is 282 g/mol. The fourth-order valence-corrected chi connectivity index (χ4v) is 3.35. The molecule has 2 amide bonds. The Morgan fingerprint density at radius 1 is 0.950 bits per heavy atom. The second-order valence-corrected chi connectivity index (χ2v) is 6.25. The standard InChI is InChI=1S/C15H26N2O3/c18-14(19)12-6-8-13(9-7-12)17-15(20)16-10-11-4-2-1-3-5-11/h11-13H,1-10H2,(H,18,19)(H2,16,17,20). The largest absolute Gasteiger partial charge is 0.481 e. The van der Waals surface area contributed by atoms with Gasteiger partial charge in [-0.05, 0) is 44.4 Å².